The predicted octanol–water partition coefficient (Wildman–Crippen LogP) is 3.15. The van der Waals surface area contributed by atoms with Crippen molar-refractivity contribution in [3.05, 3.63) is 37.0 Å². The number of hydrogen-bond acceptors (Lipinski definition) is 1. The Morgan fingerprint density at radius 2 is 1.83 bits per heavy atom. The van der Waals surface area contributed by atoms with E-state index >= 15 is 0 Å². The Morgan fingerprint density at radius 1 is 1.25 bits per heavy atom. The van der Waals surface area contributed by atoms with Crippen molar-refractivity contribution in [3.8, 4) is 0 Å². The number of rotatable bonds is 4. The van der Waals surface area contributed by atoms with E-state index < -0.39 is 0 Å². The summed E-state index contributed by atoms with van der Waals surface area (Å²) in [5.74, 6) is 0. The molecular formula is C11H17N. The van der Waals surface area contributed by atoms with Crippen LogP contribution in [0.1, 0.15) is 20.8 Å². The lowest BCUT2D eigenvalue weighted by Crippen LogP contribution is -1.97. The average Bonchev–Trinajstić information content (AvgIpc) is 2.03. The zero-order valence-electron chi connectivity index (χ0n) is 8.17. The third kappa shape index (κ3) is 4.67. The largest absolute Gasteiger partial charge is 0.283 e. The highest BCUT2D eigenvalue weighted by molar-refractivity contribution is 5.92. The summed E-state index contributed by atoms with van der Waals surface area (Å²) in [7, 11) is 0. The fourth-order valence-electron chi connectivity index (χ4n) is 0.860. The van der Waals surface area contributed by atoms with Crippen molar-refractivity contribution in [2.45, 2.75) is 26.8 Å². The van der Waals surface area contributed by atoms with E-state index in [0.717, 1.165) is 11.3 Å². The second-order valence-electron chi connectivity index (χ2n) is 2.83. The Balaban J connectivity index is 4.32. The lowest BCUT2D eigenvalue weighted by atomic mass is 10.2. The summed E-state index contributed by atoms with van der Waals surface area (Å²) in [6.07, 6.45) is 5.66. The van der Waals surface area contributed by atoms with Crippen molar-refractivity contribution < 1.29 is 0 Å². The third-order valence-corrected chi connectivity index (χ3v) is 1.53. The minimum atomic E-state index is 0.209. The molecule has 0 rings (SSSR count). The van der Waals surface area contributed by atoms with Crippen LogP contribution in [-0.2, 0) is 0 Å². The molecular weight excluding hydrogens is 146 g/mol. The summed E-state index contributed by atoms with van der Waals surface area (Å²) < 4.78 is 0. The molecule has 0 heterocycles. The van der Waals surface area contributed by atoms with E-state index in [4.69, 9.17) is 0 Å². The van der Waals surface area contributed by atoms with Crippen LogP contribution in [0.15, 0.2) is 42.0 Å². The van der Waals surface area contributed by atoms with E-state index in [1.165, 1.54) is 0 Å². The highest BCUT2D eigenvalue weighted by Gasteiger charge is 1.93. The van der Waals surface area contributed by atoms with Gasteiger partial charge in [0.15, 0.2) is 0 Å². The van der Waals surface area contributed by atoms with Crippen molar-refractivity contribution in [1.29, 1.82) is 0 Å². The molecule has 0 saturated carbocycles. The zero-order chi connectivity index (χ0) is 9.56. The standard InChI is InChI=1S/C11H17N/c1-6-9(3)8-11(5)12-10(4)7-2/h6-8,11H,1-2H2,3-5H3/b9-8+,12-10+/t11-/m1/s1. The molecule has 0 fully saturated rings. The van der Waals surface area contributed by atoms with Gasteiger partial charge in [-0.05, 0) is 26.8 Å². The molecule has 12 heavy (non-hydrogen) atoms. The van der Waals surface area contributed by atoms with Gasteiger partial charge < -0.3 is 0 Å². The highest BCUT2D eigenvalue weighted by Crippen LogP contribution is 2.00. The van der Waals surface area contributed by atoms with Crippen LogP contribution >= 0.6 is 0 Å². The molecule has 0 bridgehead atoms. The molecule has 0 amide bonds. The van der Waals surface area contributed by atoms with E-state index in [2.05, 4.69) is 24.2 Å². The topological polar surface area (TPSA) is 12.4 Å². The van der Waals surface area contributed by atoms with Crippen molar-refractivity contribution in [2.75, 3.05) is 0 Å². The second kappa shape index (κ2) is 5.53. The predicted molar refractivity (Wildman–Crippen MR) is 56.7 cm³/mol. The van der Waals surface area contributed by atoms with Crippen molar-refractivity contribution >= 4 is 5.71 Å². The number of nitrogens with zero attached hydrogens (tertiary/aromatic N) is 1. The Labute approximate surface area is 75.2 Å². The fraction of sp³-hybridized carbons (Fsp3) is 0.364. The third-order valence-electron chi connectivity index (χ3n) is 1.53. The van der Waals surface area contributed by atoms with Crippen LogP contribution < -0.4 is 0 Å². The maximum atomic E-state index is 4.36. The molecule has 0 aromatic carbocycles. The maximum Gasteiger partial charge on any atom is 0.0660 e. The lowest BCUT2D eigenvalue weighted by molar-refractivity contribution is 0.919. The van der Waals surface area contributed by atoms with Gasteiger partial charge in [-0.2, -0.15) is 0 Å². The maximum absolute atomic E-state index is 4.36. The molecule has 0 aliphatic carbocycles. The van der Waals surface area contributed by atoms with Gasteiger partial charge in [0, 0.05) is 5.71 Å². The van der Waals surface area contributed by atoms with Crippen molar-refractivity contribution in [3.63, 3.8) is 0 Å². The molecule has 1 nitrogen and oxygen atoms in total. The molecule has 0 spiro atoms. The Kier molecular flexibility index (Phi) is 5.02. The molecule has 0 saturated heterocycles. The minimum absolute atomic E-state index is 0.209. The van der Waals surface area contributed by atoms with E-state index in [0.29, 0.717) is 0 Å². The molecule has 66 valence electrons. The number of hydrogen-bond donors (Lipinski definition) is 0. The molecule has 0 aliphatic rings. The van der Waals surface area contributed by atoms with Crippen LogP contribution in [0.4, 0.5) is 0 Å². The SMILES string of the molecule is C=C/C(C)=C/[C@@H](C)/N=C(\C)C=C. The van der Waals surface area contributed by atoms with Gasteiger partial charge in [-0.25, -0.2) is 0 Å². The quantitative estimate of drug-likeness (QED) is 0.446. The fourth-order valence-corrected chi connectivity index (χ4v) is 0.860. The van der Waals surface area contributed by atoms with Crippen LogP contribution in [0.5, 0.6) is 0 Å². The van der Waals surface area contributed by atoms with Gasteiger partial charge >= 0.3 is 0 Å². The monoisotopic (exact) mass is 163 g/mol. The smallest absolute Gasteiger partial charge is 0.0660 e. The molecule has 0 aromatic heterocycles. The van der Waals surface area contributed by atoms with Crippen LogP contribution in [0, 0.1) is 0 Å². The zero-order valence-corrected chi connectivity index (χ0v) is 8.17. The first-order chi connectivity index (χ1) is 5.60. The minimum Gasteiger partial charge on any atom is -0.283 e. The molecule has 0 aromatic rings. The molecule has 0 aliphatic heterocycles. The van der Waals surface area contributed by atoms with Gasteiger partial charge in [-0.3, -0.25) is 4.99 Å². The number of allylic oxidation sites excluding steroid dienone is 3. The van der Waals surface area contributed by atoms with Crippen molar-refractivity contribution in [2.24, 2.45) is 4.99 Å². The summed E-state index contributed by atoms with van der Waals surface area (Å²) in [4.78, 5) is 4.36. The highest BCUT2D eigenvalue weighted by atomic mass is 14.8. The van der Waals surface area contributed by atoms with Gasteiger partial charge in [0.25, 0.3) is 0 Å². The Bertz CT molecular complexity index is 197. The van der Waals surface area contributed by atoms with Crippen LogP contribution in [0.2, 0.25) is 0 Å². The summed E-state index contributed by atoms with van der Waals surface area (Å²) in [6, 6.07) is 0.209. The lowest BCUT2D eigenvalue weighted by Gasteiger charge is -2.01. The van der Waals surface area contributed by atoms with E-state index in [1.54, 1.807) is 6.08 Å². The van der Waals surface area contributed by atoms with Gasteiger partial charge in [-0.15, -0.1) is 0 Å². The van der Waals surface area contributed by atoms with Gasteiger partial charge in [0.2, 0.25) is 0 Å². The molecule has 0 radical (unpaired) electrons. The van der Waals surface area contributed by atoms with Gasteiger partial charge in [-0.1, -0.05) is 30.9 Å². The van der Waals surface area contributed by atoms with Crippen LogP contribution in [0.25, 0.3) is 0 Å². The first-order valence-electron chi connectivity index (χ1n) is 4.08. The summed E-state index contributed by atoms with van der Waals surface area (Å²) in [6.45, 7) is 13.3. The Hall–Kier alpha value is -1.11. The molecule has 1 heteroatoms. The normalized spacial score (nSPS) is 15.6. The number of aliphatic imine (C=N–C) groups is 1. The van der Waals surface area contributed by atoms with E-state index in [-0.39, 0.29) is 6.04 Å². The van der Waals surface area contributed by atoms with Crippen molar-refractivity contribution in [1.82, 2.24) is 0 Å². The summed E-state index contributed by atoms with van der Waals surface area (Å²) in [5.41, 5.74) is 2.12. The average molecular weight is 163 g/mol. The first kappa shape index (κ1) is 10.9. The van der Waals surface area contributed by atoms with Crippen LogP contribution in [-0.4, -0.2) is 11.8 Å². The Morgan fingerprint density at radius 3 is 2.25 bits per heavy atom. The molecule has 0 unspecified atom stereocenters. The van der Waals surface area contributed by atoms with Crippen LogP contribution in [0.3, 0.4) is 0 Å². The second-order valence-corrected chi connectivity index (χ2v) is 2.83. The van der Waals surface area contributed by atoms with Gasteiger partial charge in [0.1, 0.15) is 0 Å². The van der Waals surface area contributed by atoms with E-state index in [1.807, 2.05) is 26.8 Å². The molecule has 0 N–H and O–H groups in total. The summed E-state index contributed by atoms with van der Waals surface area (Å²) in [5, 5.41) is 0. The molecule has 1 atom stereocenters. The summed E-state index contributed by atoms with van der Waals surface area (Å²) >= 11 is 0. The van der Waals surface area contributed by atoms with E-state index in [9.17, 15) is 0 Å². The van der Waals surface area contributed by atoms with Gasteiger partial charge in [0.05, 0.1) is 6.04 Å². The first-order valence-corrected chi connectivity index (χ1v) is 4.08.